The first kappa shape index (κ1) is 62.1. The van der Waals surface area contributed by atoms with Crippen molar-refractivity contribution >= 4 is 11.9 Å². The topological polar surface area (TPSA) is 95.9 Å². The van der Waals surface area contributed by atoms with E-state index in [0.29, 0.717) is 19.4 Å². The van der Waals surface area contributed by atoms with Crippen molar-refractivity contribution in [1.82, 2.24) is 5.32 Å². The van der Waals surface area contributed by atoms with E-state index in [1.165, 1.54) is 193 Å². The van der Waals surface area contributed by atoms with Crippen LogP contribution >= 0.6 is 0 Å². The van der Waals surface area contributed by atoms with Crippen molar-refractivity contribution in [1.29, 1.82) is 0 Å². The lowest BCUT2D eigenvalue weighted by Gasteiger charge is -2.20. The van der Waals surface area contributed by atoms with E-state index in [9.17, 15) is 19.8 Å². The zero-order valence-corrected chi connectivity index (χ0v) is 42.8. The molecule has 376 valence electrons. The summed E-state index contributed by atoms with van der Waals surface area (Å²) < 4.78 is 5.44. The average molecular weight is 901 g/mol. The van der Waals surface area contributed by atoms with Gasteiger partial charge in [0.05, 0.1) is 25.4 Å². The molecule has 6 nitrogen and oxygen atoms in total. The van der Waals surface area contributed by atoms with Gasteiger partial charge in [-0.05, 0) is 64.2 Å². The summed E-state index contributed by atoms with van der Waals surface area (Å²) in [5.74, 6) is -0.110. The van der Waals surface area contributed by atoms with E-state index in [1.54, 1.807) is 6.08 Å². The Labute approximate surface area is 398 Å². The van der Waals surface area contributed by atoms with Crippen molar-refractivity contribution in [2.24, 2.45) is 0 Å². The van der Waals surface area contributed by atoms with Gasteiger partial charge < -0.3 is 20.3 Å². The van der Waals surface area contributed by atoms with E-state index in [0.717, 1.165) is 77.0 Å². The Morgan fingerprint density at radius 2 is 0.766 bits per heavy atom. The number of hydrogen-bond acceptors (Lipinski definition) is 5. The summed E-state index contributed by atoms with van der Waals surface area (Å²) in [6, 6.07) is -0.645. The quantitative estimate of drug-likeness (QED) is 0.0245. The van der Waals surface area contributed by atoms with Crippen molar-refractivity contribution in [2.75, 3.05) is 13.2 Å². The van der Waals surface area contributed by atoms with Gasteiger partial charge in [0.15, 0.2) is 0 Å². The predicted molar refractivity (Wildman–Crippen MR) is 278 cm³/mol. The van der Waals surface area contributed by atoms with Crippen molar-refractivity contribution in [3.8, 4) is 0 Å². The molecule has 0 aromatic rings. The van der Waals surface area contributed by atoms with Crippen molar-refractivity contribution in [2.45, 2.75) is 309 Å². The van der Waals surface area contributed by atoms with Crippen molar-refractivity contribution < 1.29 is 24.5 Å². The minimum atomic E-state index is -0.859. The van der Waals surface area contributed by atoms with Gasteiger partial charge in [0.1, 0.15) is 0 Å². The van der Waals surface area contributed by atoms with Crippen LogP contribution in [0.3, 0.4) is 0 Å². The van der Waals surface area contributed by atoms with Crippen LogP contribution in [0.25, 0.3) is 0 Å². The number of ether oxygens (including phenoxy) is 1. The fourth-order valence-electron chi connectivity index (χ4n) is 8.57. The van der Waals surface area contributed by atoms with Crippen LogP contribution in [0.2, 0.25) is 0 Å². The molecule has 0 aliphatic carbocycles. The predicted octanol–water partition coefficient (Wildman–Crippen LogP) is 17.2. The smallest absolute Gasteiger partial charge is 0.305 e. The number of hydrogen-bond donors (Lipinski definition) is 3. The van der Waals surface area contributed by atoms with E-state index in [2.05, 4.69) is 43.5 Å². The van der Waals surface area contributed by atoms with Gasteiger partial charge in [-0.2, -0.15) is 0 Å². The van der Waals surface area contributed by atoms with Gasteiger partial charge in [-0.25, -0.2) is 0 Å². The van der Waals surface area contributed by atoms with E-state index < -0.39 is 12.1 Å². The summed E-state index contributed by atoms with van der Waals surface area (Å²) in [7, 11) is 0. The molecule has 0 saturated heterocycles. The minimum absolute atomic E-state index is 0.0207. The highest BCUT2D eigenvalue weighted by atomic mass is 16.5. The Hall–Kier alpha value is -1.92. The third-order valence-electron chi connectivity index (χ3n) is 12.9. The van der Waals surface area contributed by atoms with Crippen LogP contribution in [0.4, 0.5) is 0 Å². The molecule has 0 aromatic heterocycles. The highest BCUT2D eigenvalue weighted by Gasteiger charge is 2.18. The molecule has 1 amide bonds. The Balaban J connectivity index is 3.55. The molecule has 64 heavy (non-hydrogen) atoms. The standard InChI is InChI=1S/C58H109NO5/c1-3-5-7-9-11-13-15-17-19-20-21-23-26-30-34-38-42-46-50-56(61)55(54-60)59-57(62)51-47-43-39-35-31-27-24-22-25-29-33-37-41-45-49-53-64-58(63)52-48-44-40-36-32-28-18-16-14-12-10-8-6-4-2/h22,25,29,33,46,50,55-56,60-61H,3-21,23-24,26-28,30-32,34-45,47-49,51-54H2,1-2H3,(H,59,62)/b25-22-,33-29-,50-46+. The van der Waals surface area contributed by atoms with Gasteiger partial charge >= 0.3 is 5.97 Å². The number of carbonyl (C=O) groups is 2. The molecule has 0 bridgehead atoms. The van der Waals surface area contributed by atoms with E-state index in [-0.39, 0.29) is 18.5 Å². The number of esters is 1. The number of allylic oxidation sites excluding steroid dienone is 5. The second-order valence-electron chi connectivity index (χ2n) is 19.3. The zero-order valence-electron chi connectivity index (χ0n) is 42.8. The minimum Gasteiger partial charge on any atom is -0.466 e. The molecule has 3 N–H and O–H groups in total. The lowest BCUT2D eigenvalue weighted by atomic mass is 10.0. The highest BCUT2D eigenvalue weighted by molar-refractivity contribution is 5.76. The number of amides is 1. The molecule has 0 heterocycles. The molecule has 0 fully saturated rings. The summed E-state index contributed by atoms with van der Waals surface area (Å²) in [6.45, 7) is 4.86. The fourth-order valence-corrected chi connectivity index (χ4v) is 8.57. The van der Waals surface area contributed by atoms with Crippen molar-refractivity contribution in [3.05, 3.63) is 36.5 Å². The first-order valence-electron chi connectivity index (χ1n) is 28.3. The fraction of sp³-hybridized carbons (Fsp3) is 0.862. The normalized spacial score (nSPS) is 12.9. The van der Waals surface area contributed by atoms with Gasteiger partial charge in [-0.1, -0.05) is 256 Å². The number of unbranched alkanes of at least 4 members (excludes halogenated alkanes) is 38. The van der Waals surface area contributed by atoms with Gasteiger partial charge in [-0.3, -0.25) is 9.59 Å². The number of aliphatic hydroxyl groups excluding tert-OH is 2. The second-order valence-corrected chi connectivity index (χ2v) is 19.3. The lowest BCUT2D eigenvalue weighted by Crippen LogP contribution is -2.45. The molecule has 0 aliphatic heterocycles. The number of carbonyl (C=O) groups excluding carboxylic acids is 2. The van der Waals surface area contributed by atoms with Crippen molar-refractivity contribution in [3.63, 3.8) is 0 Å². The molecular weight excluding hydrogens is 791 g/mol. The maximum Gasteiger partial charge on any atom is 0.305 e. The molecule has 2 unspecified atom stereocenters. The Bertz CT molecular complexity index is 1040. The van der Waals surface area contributed by atoms with Crippen LogP contribution in [-0.4, -0.2) is 47.4 Å². The van der Waals surface area contributed by atoms with Crippen LogP contribution in [0.15, 0.2) is 36.5 Å². The summed E-state index contributed by atoms with van der Waals surface area (Å²) in [5.41, 5.74) is 0. The summed E-state index contributed by atoms with van der Waals surface area (Å²) in [5, 5.41) is 23.1. The maximum atomic E-state index is 12.5. The first-order valence-corrected chi connectivity index (χ1v) is 28.3. The van der Waals surface area contributed by atoms with E-state index in [4.69, 9.17) is 4.74 Å². The van der Waals surface area contributed by atoms with Crippen LogP contribution < -0.4 is 5.32 Å². The Kier molecular flexibility index (Phi) is 52.1. The SMILES string of the molecule is CCCCCCCCCCCCCCCCCC/C=C/C(O)C(CO)NC(=O)CCCCCCCC/C=C\C=C/CCCCCOC(=O)CCCCCCCCCCCCCCCC. The van der Waals surface area contributed by atoms with E-state index in [1.807, 2.05) is 6.08 Å². The first-order chi connectivity index (χ1) is 31.5. The molecule has 0 spiro atoms. The largest absolute Gasteiger partial charge is 0.466 e. The third kappa shape index (κ3) is 49.5. The summed E-state index contributed by atoms with van der Waals surface area (Å²) in [4.78, 5) is 24.5. The molecule has 0 radical (unpaired) electrons. The van der Waals surface area contributed by atoms with Gasteiger partial charge in [0.25, 0.3) is 0 Å². The zero-order chi connectivity index (χ0) is 46.5. The highest BCUT2D eigenvalue weighted by Crippen LogP contribution is 2.16. The van der Waals surface area contributed by atoms with Crippen LogP contribution in [0.5, 0.6) is 0 Å². The Morgan fingerprint density at radius 3 is 1.16 bits per heavy atom. The lowest BCUT2D eigenvalue weighted by molar-refractivity contribution is -0.143. The maximum absolute atomic E-state index is 12.5. The number of nitrogens with one attached hydrogen (secondary N) is 1. The van der Waals surface area contributed by atoms with Gasteiger partial charge in [0, 0.05) is 12.8 Å². The summed E-state index contributed by atoms with van der Waals surface area (Å²) in [6.07, 6.45) is 65.9. The molecule has 2 atom stereocenters. The third-order valence-corrected chi connectivity index (χ3v) is 12.9. The Morgan fingerprint density at radius 1 is 0.438 bits per heavy atom. The van der Waals surface area contributed by atoms with E-state index >= 15 is 0 Å². The monoisotopic (exact) mass is 900 g/mol. The molecular formula is C58H109NO5. The van der Waals surface area contributed by atoms with Gasteiger partial charge in [-0.15, -0.1) is 0 Å². The molecule has 0 aromatic carbocycles. The number of rotatable bonds is 52. The molecule has 6 heteroatoms. The average Bonchev–Trinajstić information content (AvgIpc) is 3.29. The summed E-state index contributed by atoms with van der Waals surface area (Å²) >= 11 is 0. The molecule has 0 rings (SSSR count). The number of aliphatic hydroxyl groups is 2. The van der Waals surface area contributed by atoms with Crippen LogP contribution in [0.1, 0.15) is 296 Å². The van der Waals surface area contributed by atoms with Crippen LogP contribution in [0, 0.1) is 0 Å². The van der Waals surface area contributed by atoms with Crippen LogP contribution in [-0.2, 0) is 14.3 Å². The molecule has 0 aliphatic rings. The molecule has 0 saturated carbocycles. The van der Waals surface area contributed by atoms with Gasteiger partial charge in [0.2, 0.25) is 5.91 Å². The second kappa shape index (κ2) is 53.7.